The average Bonchev–Trinajstić information content (AvgIpc) is 2.39. The molecule has 2 rings (SSSR count). The Morgan fingerprint density at radius 2 is 2.00 bits per heavy atom. The highest BCUT2D eigenvalue weighted by molar-refractivity contribution is 6.31. The highest BCUT2D eigenvalue weighted by Gasteiger charge is 2.08. The van der Waals surface area contributed by atoms with Crippen LogP contribution in [-0.4, -0.2) is 16.6 Å². The van der Waals surface area contributed by atoms with Crippen LogP contribution in [0.3, 0.4) is 0 Å². The topological polar surface area (TPSA) is 35.0 Å². The van der Waals surface area contributed by atoms with Crippen molar-refractivity contribution >= 4 is 23.2 Å². The highest BCUT2D eigenvalue weighted by Crippen LogP contribution is 2.25. The van der Waals surface area contributed by atoms with Gasteiger partial charge >= 0.3 is 0 Å². The molecule has 1 aromatic carbocycles. The summed E-state index contributed by atoms with van der Waals surface area (Å²) in [5.41, 5.74) is 1.25. The van der Waals surface area contributed by atoms with Crippen molar-refractivity contribution in [3.8, 4) is 11.3 Å². The SMILES string of the molecule is CCOCc1nc(Cl)cc(-c2ccc(F)c(Cl)c2)n1. The second kappa shape index (κ2) is 6.28. The van der Waals surface area contributed by atoms with Crippen LogP contribution in [-0.2, 0) is 11.3 Å². The number of rotatable bonds is 4. The van der Waals surface area contributed by atoms with Crippen molar-refractivity contribution in [3.05, 3.63) is 46.1 Å². The third-order valence-corrected chi connectivity index (χ3v) is 2.88. The molecule has 0 radical (unpaired) electrons. The zero-order valence-electron chi connectivity index (χ0n) is 10.2. The molecular weight excluding hydrogens is 290 g/mol. The van der Waals surface area contributed by atoms with E-state index in [2.05, 4.69) is 9.97 Å². The van der Waals surface area contributed by atoms with Crippen molar-refractivity contribution in [2.45, 2.75) is 13.5 Å². The molecular formula is C13H11Cl2FN2O. The number of nitrogens with zero attached hydrogens (tertiary/aromatic N) is 2. The molecule has 0 aliphatic heterocycles. The molecule has 0 bridgehead atoms. The molecule has 0 aliphatic rings. The fourth-order valence-electron chi connectivity index (χ4n) is 1.53. The predicted octanol–water partition coefficient (Wildman–Crippen LogP) is 4.13. The summed E-state index contributed by atoms with van der Waals surface area (Å²) in [6.45, 7) is 2.72. The Morgan fingerprint density at radius 1 is 1.21 bits per heavy atom. The Morgan fingerprint density at radius 3 is 2.68 bits per heavy atom. The molecule has 0 amide bonds. The zero-order valence-corrected chi connectivity index (χ0v) is 11.7. The minimum Gasteiger partial charge on any atom is -0.374 e. The summed E-state index contributed by atoms with van der Waals surface area (Å²) in [7, 11) is 0. The fraction of sp³-hybridized carbons (Fsp3) is 0.231. The lowest BCUT2D eigenvalue weighted by Crippen LogP contribution is -2.00. The van der Waals surface area contributed by atoms with Crippen LogP contribution in [0.25, 0.3) is 11.3 Å². The molecule has 1 aromatic heterocycles. The Labute approximate surface area is 120 Å². The summed E-state index contributed by atoms with van der Waals surface area (Å²) in [4.78, 5) is 8.37. The monoisotopic (exact) mass is 300 g/mol. The van der Waals surface area contributed by atoms with E-state index in [9.17, 15) is 4.39 Å². The number of halogens is 3. The van der Waals surface area contributed by atoms with Gasteiger partial charge in [-0.1, -0.05) is 23.2 Å². The van der Waals surface area contributed by atoms with Crippen molar-refractivity contribution in [2.75, 3.05) is 6.61 Å². The fourth-order valence-corrected chi connectivity index (χ4v) is 1.91. The summed E-state index contributed by atoms with van der Waals surface area (Å²) >= 11 is 11.7. The van der Waals surface area contributed by atoms with Gasteiger partial charge in [-0.2, -0.15) is 0 Å². The molecule has 2 aromatic rings. The first-order valence-electron chi connectivity index (χ1n) is 5.66. The maximum Gasteiger partial charge on any atom is 0.156 e. The molecule has 0 aliphatic carbocycles. The van der Waals surface area contributed by atoms with Gasteiger partial charge in [-0.15, -0.1) is 0 Å². The third-order valence-electron chi connectivity index (χ3n) is 2.39. The van der Waals surface area contributed by atoms with E-state index in [0.29, 0.717) is 28.8 Å². The van der Waals surface area contributed by atoms with Crippen molar-refractivity contribution in [2.24, 2.45) is 0 Å². The Balaban J connectivity index is 2.37. The van der Waals surface area contributed by atoms with Crippen LogP contribution < -0.4 is 0 Å². The maximum absolute atomic E-state index is 13.1. The van der Waals surface area contributed by atoms with Gasteiger partial charge in [0, 0.05) is 18.2 Å². The summed E-state index contributed by atoms with van der Waals surface area (Å²) < 4.78 is 18.4. The van der Waals surface area contributed by atoms with E-state index in [4.69, 9.17) is 27.9 Å². The number of hydrogen-bond donors (Lipinski definition) is 0. The van der Waals surface area contributed by atoms with Crippen molar-refractivity contribution in [3.63, 3.8) is 0 Å². The molecule has 19 heavy (non-hydrogen) atoms. The quantitative estimate of drug-likeness (QED) is 0.797. The van der Waals surface area contributed by atoms with Crippen LogP contribution in [0.5, 0.6) is 0 Å². The van der Waals surface area contributed by atoms with Crippen molar-refractivity contribution in [1.29, 1.82) is 0 Å². The van der Waals surface area contributed by atoms with E-state index < -0.39 is 5.82 Å². The van der Waals surface area contributed by atoms with Gasteiger partial charge in [0.1, 0.15) is 17.6 Å². The maximum atomic E-state index is 13.1. The molecule has 0 saturated heterocycles. The molecule has 100 valence electrons. The molecule has 0 saturated carbocycles. The number of ether oxygens (including phenoxy) is 1. The lowest BCUT2D eigenvalue weighted by atomic mass is 10.1. The van der Waals surface area contributed by atoms with Gasteiger partial charge in [-0.05, 0) is 25.1 Å². The van der Waals surface area contributed by atoms with Gasteiger partial charge in [0.2, 0.25) is 0 Å². The average molecular weight is 301 g/mol. The molecule has 0 unspecified atom stereocenters. The van der Waals surface area contributed by atoms with Gasteiger partial charge in [0.15, 0.2) is 5.82 Å². The molecule has 0 spiro atoms. The molecule has 3 nitrogen and oxygen atoms in total. The Bertz CT molecular complexity index is 593. The number of aromatic nitrogens is 2. The first-order valence-corrected chi connectivity index (χ1v) is 6.42. The predicted molar refractivity (Wildman–Crippen MR) is 72.8 cm³/mol. The highest BCUT2D eigenvalue weighted by atomic mass is 35.5. The Kier molecular flexibility index (Phi) is 4.69. The lowest BCUT2D eigenvalue weighted by Gasteiger charge is -2.06. The van der Waals surface area contributed by atoms with Gasteiger partial charge in [0.05, 0.1) is 10.7 Å². The summed E-state index contributed by atoms with van der Waals surface area (Å²) in [6, 6.07) is 5.97. The molecule has 0 fully saturated rings. The number of hydrogen-bond acceptors (Lipinski definition) is 3. The van der Waals surface area contributed by atoms with Crippen LogP contribution in [0.1, 0.15) is 12.7 Å². The van der Waals surface area contributed by atoms with Gasteiger partial charge < -0.3 is 4.74 Å². The van der Waals surface area contributed by atoms with E-state index in [-0.39, 0.29) is 11.6 Å². The van der Waals surface area contributed by atoms with Gasteiger partial charge in [-0.25, -0.2) is 14.4 Å². The molecule has 1 heterocycles. The zero-order chi connectivity index (χ0) is 13.8. The summed E-state index contributed by atoms with van der Waals surface area (Å²) in [5, 5.41) is 0.346. The minimum absolute atomic E-state index is 0.0404. The van der Waals surface area contributed by atoms with E-state index >= 15 is 0 Å². The summed E-state index contributed by atoms with van der Waals surface area (Å²) in [5.74, 6) is 0.00454. The normalized spacial score (nSPS) is 10.7. The van der Waals surface area contributed by atoms with Crippen LogP contribution >= 0.6 is 23.2 Å². The second-order valence-electron chi connectivity index (χ2n) is 3.76. The van der Waals surface area contributed by atoms with Crippen molar-refractivity contribution < 1.29 is 9.13 Å². The first-order chi connectivity index (χ1) is 9.10. The van der Waals surface area contributed by atoms with Crippen LogP contribution in [0, 0.1) is 5.82 Å². The van der Waals surface area contributed by atoms with Crippen LogP contribution in [0.4, 0.5) is 4.39 Å². The van der Waals surface area contributed by atoms with Crippen LogP contribution in [0.15, 0.2) is 24.3 Å². The second-order valence-corrected chi connectivity index (χ2v) is 4.55. The largest absolute Gasteiger partial charge is 0.374 e. The Hall–Kier alpha value is -1.23. The van der Waals surface area contributed by atoms with E-state index in [1.54, 1.807) is 12.1 Å². The smallest absolute Gasteiger partial charge is 0.156 e. The standard InChI is InChI=1S/C13H11Cl2FN2O/c1-2-19-7-13-17-11(6-12(15)18-13)8-3-4-10(16)9(14)5-8/h3-6H,2,7H2,1H3. The molecule has 0 N–H and O–H groups in total. The molecule has 0 atom stereocenters. The molecule has 6 heteroatoms. The lowest BCUT2D eigenvalue weighted by molar-refractivity contribution is 0.128. The van der Waals surface area contributed by atoms with Crippen molar-refractivity contribution in [1.82, 2.24) is 9.97 Å². The number of benzene rings is 1. The third kappa shape index (κ3) is 3.62. The minimum atomic E-state index is -0.472. The van der Waals surface area contributed by atoms with Crippen LogP contribution in [0.2, 0.25) is 10.2 Å². The van der Waals surface area contributed by atoms with E-state index in [0.717, 1.165) is 0 Å². The van der Waals surface area contributed by atoms with E-state index in [1.165, 1.54) is 12.1 Å². The van der Waals surface area contributed by atoms with Gasteiger partial charge in [-0.3, -0.25) is 0 Å². The first kappa shape index (κ1) is 14.2. The van der Waals surface area contributed by atoms with Gasteiger partial charge in [0.25, 0.3) is 0 Å². The van der Waals surface area contributed by atoms with E-state index in [1.807, 2.05) is 6.92 Å². The summed E-state index contributed by atoms with van der Waals surface area (Å²) in [6.07, 6.45) is 0.